The summed E-state index contributed by atoms with van der Waals surface area (Å²) in [5, 5.41) is 0. The van der Waals surface area contributed by atoms with Crippen LogP contribution in [-0.4, -0.2) is 45.2 Å². The van der Waals surface area contributed by atoms with Gasteiger partial charge in [0.1, 0.15) is 5.56 Å². The van der Waals surface area contributed by atoms with Gasteiger partial charge in [0.25, 0.3) is 11.5 Å². The van der Waals surface area contributed by atoms with Gasteiger partial charge in [-0.15, -0.1) is 0 Å². The smallest absolute Gasteiger partial charge is 0.328 e. The van der Waals surface area contributed by atoms with Gasteiger partial charge in [-0.2, -0.15) is 0 Å². The average molecular weight is 309 g/mol. The highest BCUT2D eigenvalue weighted by Crippen LogP contribution is 2.27. The van der Waals surface area contributed by atoms with Crippen LogP contribution < -0.4 is 11.2 Å². The Morgan fingerprint density at radius 3 is 2.77 bits per heavy atom. The molecule has 1 aliphatic heterocycles. The number of hydrogen-bond donors (Lipinski definition) is 1. The Hall–Kier alpha value is -1.89. The second kappa shape index (κ2) is 6.08. The number of aryl methyl sites for hydroxylation is 1. The van der Waals surface area contributed by atoms with Crippen LogP contribution in [-0.2, 0) is 11.8 Å². The quantitative estimate of drug-likeness (QED) is 0.881. The number of nitrogens with one attached hydrogen (secondary N) is 1. The Kier molecular flexibility index (Phi) is 4.55. The minimum Gasteiger partial charge on any atom is -0.375 e. The van der Waals surface area contributed by atoms with Crippen molar-refractivity contribution < 1.29 is 9.53 Å². The number of nitrogens with zero attached hydrogens (tertiary/aromatic N) is 2. The molecule has 1 fully saturated rings. The molecule has 7 heteroatoms. The highest BCUT2D eigenvalue weighted by molar-refractivity contribution is 5.93. The monoisotopic (exact) mass is 309 g/mol. The third-order valence-electron chi connectivity index (χ3n) is 4.05. The van der Waals surface area contributed by atoms with Crippen LogP contribution in [0.15, 0.2) is 15.8 Å². The summed E-state index contributed by atoms with van der Waals surface area (Å²) >= 11 is 0. The third-order valence-corrected chi connectivity index (χ3v) is 4.05. The van der Waals surface area contributed by atoms with Crippen molar-refractivity contribution in [2.24, 2.45) is 7.05 Å². The summed E-state index contributed by atoms with van der Waals surface area (Å²) < 4.78 is 6.89. The molecule has 2 heterocycles. The molecule has 122 valence electrons. The normalized spacial score (nSPS) is 20.6. The summed E-state index contributed by atoms with van der Waals surface area (Å²) in [6.45, 7) is 6.97. The maximum atomic E-state index is 12.7. The predicted molar refractivity (Wildman–Crippen MR) is 82.1 cm³/mol. The lowest BCUT2D eigenvalue weighted by atomic mass is 9.92. The molecular formula is C15H23N3O4. The molecule has 0 bridgehead atoms. The summed E-state index contributed by atoms with van der Waals surface area (Å²) in [6, 6.07) is 0.0258. The van der Waals surface area contributed by atoms with E-state index in [1.165, 1.54) is 17.8 Å². The van der Waals surface area contributed by atoms with E-state index in [2.05, 4.69) is 4.98 Å². The molecule has 1 aliphatic rings. The second-order valence-corrected chi connectivity index (χ2v) is 6.26. The van der Waals surface area contributed by atoms with E-state index in [0.29, 0.717) is 13.2 Å². The number of carbonyl (C=O) groups is 1. The maximum absolute atomic E-state index is 12.7. The number of aromatic amines is 1. The van der Waals surface area contributed by atoms with Gasteiger partial charge < -0.3 is 14.2 Å². The minimum atomic E-state index is -0.641. The van der Waals surface area contributed by atoms with Crippen molar-refractivity contribution >= 4 is 5.91 Å². The molecule has 0 saturated carbocycles. The van der Waals surface area contributed by atoms with Gasteiger partial charge in [-0.05, 0) is 33.6 Å². The predicted octanol–water partition coefficient (Wildman–Crippen LogP) is 0.493. The van der Waals surface area contributed by atoms with Gasteiger partial charge in [-0.25, -0.2) is 4.79 Å². The van der Waals surface area contributed by atoms with E-state index in [-0.39, 0.29) is 23.1 Å². The lowest BCUT2D eigenvalue weighted by Crippen LogP contribution is -2.49. The lowest BCUT2D eigenvalue weighted by Gasteiger charge is -2.40. The molecule has 7 nitrogen and oxygen atoms in total. The van der Waals surface area contributed by atoms with E-state index in [0.717, 1.165) is 12.8 Å². The molecule has 1 atom stereocenters. The van der Waals surface area contributed by atoms with Crippen LogP contribution in [0.2, 0.25) is 0 Å². The van der Waals surface area contributed by atoms with Crippen molar-refractivity contribution in [3.05, 3.63) is 32.6 Å². The Morgan fingerprint density at radius 1 is 1.50 bits per heavy atom. The first-order valence-electron chi connectivity index (χ1n) is 7.50. The van der Waals surface area contributed by atoms with Gasteiger partial charge in [-0.1, -0.05) is 0 Å². The van der Waals surface area contributed by atoms with E-state index >= 15 is 0 Å². The number of ether oxygens (including phenoxy) is 1. The van der Waals surface area contributed by atoms with Gasteiger partial charge in [0.15, 0.2) is 0 Å². The number of H-pyrrole nitrogens is 1. The SMILES string of the molecule is CCN(C(=O)c1cn(C)c(=O)[nH]c1=O)C1CCOC(C)(C)C1. The zero-order chi connectivity index (χ0) is 16.5. The average Bonchev–Trinajstić information content (AvgIpc) is 2.42. The van der Waals surface area contributed by atoms with Crippen molar-refractivity contribution in [1.29, 1.82) is 0 Å². The van der Waals surface area contributed by atoms with Crippen LogP contribution in [0.25, 0.3) is 0 Å². The molecule has 0 aromatic carbocycles. The fourth-order valence-electron chi connectivity index (χ4n) is 2.90. The molecule has 0 radical (unpaired) electrons. The molecule has 0 aliphatic carbocycles. The topological polar surface area (TPSA) is 84.4 Å². The lowest BCUT2D eigenvalue weighted by molar-refractivity contribution is -0.0777. The standard InChI is InChI=1S/C15H23N3O4/c1-5-18(10-6-7-22-15(2,3)8-10)13(20)11-9-17(4)14(21)16-12(11)19/h9-10H,5-8H2,1-4H3,(H,16,19,21). The number of hydrogen-bond acceptors (Lipinski definition) is 4. The van der Waals surface area contributed by atoms with Crippen molar-refractivity contribution in [1.82, 2.24) is 14.5 Å². The molecule has 1 aromatic rings. The Labute approximate surface area is 128 Å². The third kappa shape index (κ3) is 3.30. The number of carbonyl (C=O) groups excluding carboxylic acids is 1. The molecule has 22 heavy (non-hydrogen) atoms. The molecule has 0 spiro atoms. The summed E-state index contributed by atoms with van der Waals surface area (Å²) in [6.07, 6.45) is 2.76. The summed E-state index contributed by atoms with van der Waals surface area (Å²) in [4.78, 5) is 39.9. The van der Waals surface area contributed by atoms with Crippen molar-refractivity contribution in [3.63, 3.8) is 0 Å². The van der Waals surface area contributed by atoms with Gasteiger partial charge in [0, 0.05) is 32.4 Å². The second-order valence-electron chi connectivity index (χ2n) is 6.26. The first kappa shape index (κ1) is 16.5. The zero-order valence-corrected chi connectivity index (χ0v) is 13.5. The van der Waals surface area contributed by atoms with Gasteiger partial charge in [-0.3, -0.25) is 14.6 Å². The van der Waals surface area contributed by atoms with Crippen molar-refractivity contribution in [2.75, 3.05) is 13.2 Å². The highest BCUT2D eigenvalue weighted by Gasteiger charge is 2.34. The number of rotatable bonds is 3. The molecule has 1 saturated heterocycles. The summed E-state index contributed by atoms with van der Waals surface area (Å²) in [5.74, 6) is -0.345. The Morgan fingerprint density at radius 2 is 2.18 bits per heavy atom. The number of aromatic nitrogens is 2. The number of amides is 1. The first-order chi connectivity index (χ1) is 10.2. The highest BCUT2D eigenvalue weighted by atomic mass is 16.5. The van der Waals surface area contributed by atoms with Crippen molar-refractivity contribution in [2.45, 2.75) is 45.3 Å². The molecule has 1 amide bonds. The van der Waals surface area contributed by atoms with Gasteiger partial charge >= 0.3 is 5.69 Å². The van der Waals surface area contributed by atoms with Gasteiger partial charge in [0.2, 0.25) is 0 Å². The minimum absolute atomic E-state index is 0.00625. The molecule has 2 rings (SSSR count). The molecule has 1 unspecified atom stereocenters. The summed E-state index contributed by atoms with van der Waals surface area (Å²) in [7, 11) is 1.50. The largest absolute Gasteiger partial charge is 0.375 e. The van der Waals surface area contributed by atoms with Gasteiger partial charge in [0.05, 0.1) is 5.60 Å². The Bertz CT molecular complexity index is 674. The summed E-state index contributed by atoms with van der Waals surface area (Å²) in [5.41, 5.74) is -1.46. The van der Waals surface area contributed by atoms with Crippen LogP contribution in [0.5, 0.6) is 0 Å². The van der Waals surface area contributed by atoms with Crippen LogP contribution >= 0.6 is 0 Å². The van der Waals surface area contributed by atoms with E-state index in [1.54, 1.807) is 4.90 Å². The van der Waals surface area contributed by atoms with Crippen LogP contribution in [0.3, 0.4) is 0 Å². The molecule has 1 N–H and O–H groups in total. The fourth-order valence-corrected chi connectivity index (χ4v) is 2.90. The van der Waals surface area contributed by atoms with Crippen LogP contribution in [0.1, 0.15) is 44.0 Å². The van der Waals surface area contributed by atoms with Crippen LogP contribution in [0.4, 0.5) is 0 Å². The van der Waals surface area contributed by atoms with Crippen LogP contribution in [0, 0.1) is 0 Å². The Balaban J connectivity index is 2.32. The zero-order valence-electron chi connectivity index (χ0n) is 13.5. The van der Waals surface area contributed by atoms with E-state index in [1.807, 2.05) is 20.8 Å². The van der Waals surface area contributed by atoms with E-state index in [4.69, 9.17) is 4.74 Å². The van der Waals surface area contributed by atoms with Crippen molar-refractivity contribution in [3.8, 4) is 0 Å². The van der Waals surface area contributed by atoms with E-state index < -0.39 is 11.2 Å². The van der Waals surface area contributed by atoms with E-state index in [9.17, 15) is 14.4 Å². The first-order valence-corrected chi connectivity index (χ1v) is 7.50. The molecular weight excluding hydrogens is 286 g/mol. The maximum Gasteiger partial charge on any atom is 0.328 e. The fraction of sp³-hybridized carbons (Fsp3) is 0.667. The molecule has 1 aromatic heterocycles.